The Balaban J connectivity index is 2.93. The molecule has 0 radical (unpaired) electrons. The Bertz CT molecular complexity index is 526. The van der Waals surface area contributed by atoms with Gasteiger partial charge in [-0.3, -0.25) is 4.79 Å². The summed E-state index contributed by atoms with van der Waals surface area (Å²) in [7, 11) is 2.46. The third kappa shape index (κ3) is 3.91. The van der Waals surface area contributed by atoms with Crippen LogP contribution in [0.5, 0.6) is 0 Å². The Labute approximate surface area is 104 Å². The number of hydrogen-bond donors (Lipinski definition) is 0. The number of esters is 2. The highest BCUT2D eigenvalue weighted by Gasteiger charge is 2.07. The second-order valence-corrected chi connectivity index (χ2v) is 3.27. The maximum Gasteiger partial charge on any atom is 0.337 e. The average Bonchev–Trinajstić information content (AvgIpc) is 2.36. The van der Waals surface area contributed by atoms with Crippen LogP contribution in [0.1, 0.15) is 22.3 Å². The van der Waals surface area contributed by atoms with Crippen LogP contribution < -0.4 is 0 Å². The minimum absolute atomic E-state index is 0.0693. The molecule has 0 heterocycles. The van der Waals surface area contributed by atoms with Crippen LogP contribution in [-0.2, 0) is 14.3 Å². The first-order valence-corrected chi connectivity index (χ1v) is 5.01. The first kappa shape index (κ1) is 13.7. The lowest BCUT2D eigenvalue weighted by atomic mass is 10.1. The summed E-state index contributed by atoms with van der Waals surface area (Å²) in [4.78, 5) is 22.1. The van der Waals surface area contributed by atoms with Gasteiger partial charge in [-0.25, -0.2) is 9.18 Å². The fourth-order valence-corrected chi connectivity index (χ4v) is 1.19. The van der Waals surface area contributed by atoms with Gasteiger partial charge in [-0.1, -0.05) is 11.8 Å². The summed E-state index contributed by atoms with van der Waals surface area (Å²) < 4.78 is 22.1. The third-order valence-corrected chi connectivity index (χ3v) is 2.01. The highest BCUT2D eigenvalue weighted by Crippen LogP contribution is 2.09. The lowest BCUT2D eigenvalue weighted by Crippen LogP contribution is -2.02. The van der Waals surface area contributed by atoms with Crippen molar-refractivity contribution < 1.29 is 23.5 Å². The molecule has 0 fully saturated rings. The van der Waals surface area contributed by atoms with E-state index in [2.05, 4.69) is 21.3 Å². The topological polar surface area (TPSA) is 52.6 Å². The minimum atomic E-state index is -0.648. The van der Waals surface area contributed by atoms with E-state index in [0.717, 1.165) is 12.1 Å². The Hall–Kier alpha value is -2.35. The average molecular weight is 250 g/mol. The van der Waals surface area contributed by atoms with Crippen molar-refractivity contribution in [1.29, 1.82) is 0 Å². The lowest BCUT2D eigenvalue weighted by molar-refractivity contribution is -0.139. The number of carbonyl (C=O) groups excluding carboxylic acids is 2. The van der Waals surface area contributed by atoms with Gasteiger partial charge in [-0.2, -0.15) is 0 Å². The molecular weight excluding hydrogens is 239 g/mol. The van der Waals surface area contributed by atoms with Crippen molar-refractivity contribution in [2.45, 2.75) is 6.42 Å². The van der Waals surface area contributed by atoms with Gasteiger partial charge >= 0.3 is 11.9 Å². The summed E-state index contributed by atoms with van der Waals surface area (Å²) in [5.74, 6) is 3.37. The number of rotatable bonds is 2. The standard InChI is InChI=1S/C13H11FO4/c1-17-12(15)5-3-4-9-6-10(13(16)18-2)8-11(14)7-9/h6-8H,5H2,1-2H3. The van der Waals surface area contributed by atoms with Crippen LogP contribution in [0.3, 0.4) is 0 Å². The number of halogens is 1. The van der Waals surface area contributed by atoms with E-state index in [0.29, 0.717) is 5.56 Å². The predicted octanol–water partition coefficient (Wildman–Crippen LogP) is 1.53. The summed E-state index contributed by atoms with van der Waals surface area (Å²) in [6.07, 6.45) is -0.0967. The highest BCUT2D eigenvalue weighted by molar-refractivity contribution is 5.89. The summed E-state index contributed by atoms with van der Waals surface area (Å²) in [6, 6.07) is 3.60. The maximum atomic E-state index is 13.2. The van der Waals surface area contributed by atoms with Crippen molar-refractivity contribution >= 4 is 11.9 Å². The Morgan fingerprint density at radius 2 is 1.94 bits per heavy atom. The maximum absolute atomic E-state index is 13.2. The van der Waals surface area contributed by atoms with E-state index < -0.39 is 17.8 Å². The van der Waals surface area contributed by atoms with Crippen molar-refractivity contribution in [1.82, 2.24) is 0 Å². The van der Waals surface area contributed by atoms with Gasteiger partial charge in [-0.05, 0) is 18.2 Å². The van der Waals surface area contributed by atoms with Crippen LogP contribution >= 0.6 is 0 Å². The van der Waals surface area contributed by atoms with Crippen molar-refractivity contribution in [3.05, 3.63) is 35.1 Å². The van der Waals surface area contributed by atoms with E-state index in [-0.39, 0.29) is 12.0 Å². The van der Waals surface area contributed by atoms with Crippen LogP contribution in [0.15, 0.2) is 18.2 Å². The number of hydrogen-bond acceptors (Lipinski definition) is 4. The zero-order valence-electron chi connectivity index (χ0n) is 9.95. The van der Waals surface area contributed by atoms with Gasteiger partial charge in [-0.15, -0.1) is 0 Å². The predicted molar refractivity (Wildman–Crippen MR) is 61.3 cm³/mol. The van der Waals surface area contributed by atoms with Crippen LogP contribution in [0.2, 0.25) is 0 Å². The van der Waals surface area contributed by atoms with Crippen LogP contribution in [0.4, 0.5) is 4.39 Å². The van der Waals surface area contributed by atoms with Crippen LogP contribution in [-0.4, -0.2) is 26.2 Å². The molecule has 0 aliphatic rings. The molecule has 1 rings (SSSR count). The van der Waals surface area contributed by atoms with Gasteiger partial charge in [0.2, 0.25) is 0 Å². The first-order valence-electron chi connectivity index (χ1n) is 5.01. The molecular formula is C13H11FO4. The Morgan fingerprint density at radius 3 is 2.56 bits per heavy atom. The summed E-state index contributed by atoms with van der Waals surface area (Å²) in [5, 5.41) is 0. The van der Waals surface area contributed by atoms with E-state index in [9.17, 15) is 14.0 Å². The zero-order valence-corrected chi connectivity index (χ0v) is 9.95. The van der Waals surface area contributed by atoms with Crippen molar-refractivity contribution in [2.24, 2.45) is 0 Å². The van der Waals surface area contributed by atoms with Crippen molar-refractivity contribution in [3.8, 4) is 11.8 Å². The molecule has 0 bridgehead atoms. The third-order valence-electron chi connectivity index (χ3n) is 2.01. The number of ether oxygens (including phenoxy) is 2. The van der Waals surface area contributed by atoms with Gasteiger partial charge in [0.05, 0.1) is 19.8 Å². The molecule has 0 amide bonds. The fourth-order valence-electron chi connectivity index (χ4n) is 1.19. The molecule has 0 unspecified atom stereocenters. The van der Waals surface area contributed by atoms with Crippen LogP contribution in [0, 0.1) is 17.7 Å². The number of benzene rings is 1. The lowest BCUT2D eigenvalue weighted by Gasteiger charge is -2.00. The van der Waals surface area contributed by atoms with Crippen LogP contribution in [0.25, 0.3) is 0 Å². The quantitative estimate of drug-likeness (QED) is 0.590. The molecule has 94 valence electrons. The molecule has 0 atom stereocenters. The molecule has 5 heteroatoms. The molecule has 1 aromatic rings. The largest absolute Gasteiger partial charge is 0.468 e. The van der Waals surface area contributed by atoms with Crippen molar-refractivity contribution in [2.75, 3.05) is 14.2 Å². The van der Waals surface area contributed by atoms with Gasteiger partial charge in [0.25, 0.3) is 0 Å². The minimum Gasteiger partial charge on any atom is -0.468 e. The Kier molecular flexibility index (Phi) is 4.88. The SMILES string of the molecule is COC(=O)CC#Cc1cc(F)cc(C(=O)OC)c1. The van der Waals surface area contributed by atoms with Gasteiger partial charge in [0.1, 0.15) is 12.2 Å². The van der Waals surface area contributed by atoms with Gasteiger partial charge in [0.15, 0.2) is 0 Å². The summed E-state index contributed by atoms with van der Waals surface area (Å²) >= 11 is 0. The number of methoxy groups -OCH3 is 2. The fraction of sp³-hybridized carbons (Fsp3) is 0.231. The molecule has 0 spiro atoms. The molecule has 0 N–H and O–H groups in total. The molecule has 18 heavy (non-hydrogen) atoms. The summed E-state index contributed by atoms with van der Waals surface area (Å²) in [6.45, 7) is 0. The molecule has 4 nitrogen and oxygen atoms in total. The van der Waals surface area contributed by atoms with E-state index in [1.54, 1.807) is 0 Å². The molecule has 0 aliphatic heterocycles. The highest BCUT2D eigenvalue weighted by atomic mass is 19.1. The molecule has 1 aromatic carbocycles. The smallest absolute Gasteiger partial charge is 0.337 e. The second kappa shape index (κ2) is 6.40. The normalized spacial score (nSPS) is 9.06. The molecule has 0 aliphatic carbocycles. The number of carbonyl (C=O) groups is 2. The Morgan fingerprint density at radius 1 is 1.22 bits per heavy atom. The first-order chi connectivity index (χ1) is 8.56. The second-order valence-electron chi connectivity index (χ2n) is 3.27. The monoisotopic (exact) mass is 250 g/mol. The zero-order chi connectivity index (χ0) is 13.5. The van der Waals surface area contributed by atoms with E-state index >= 15 is 0 Å². The summed E-state index contributed by atoms with van der Waals surface area (Å²) in [5.41, 5.74) is 0.360. The van der Waals surface area contributed by atoms with E-state index in [1.807, 2.05) is 0 Å². The van der Waals surface area contributed by atoms with Crippen molar-refractivity contribution in [3.63, 3.8) is 0 Å². The molecule has 0 saturated carbocycles. The van der Waals surface area contributed by atoms with E-state index in [4.69, 9.17) is 0 Å². The molecule has 0 saturated heterocycles. The van der Waals surface area contributed by atoms with E-state index in [1.165, 1.54) is 20.3 Å². The molecule has 0 aromatic heterocycles. The van der Waals surface area contributed by atoms with Gasteiger partial charge < -0.3 is 9.47 Å². The van der Waals surface area contributed by atoms with Gasteiger partial charge in [0, 0.05) is 5.56 Å².